The van der Waals surface area contributed by atoms with Crippen LogP contribution in [0.3, 0.4) is 0 Å². The van der Waals surface area contributed by atoms with E-state index in [-0.39, 0.29) is 23.1 Å². The molecule has 1 amide bonds. The molecule has 1 aliphatic carbocycles. The first kappa shape index (κ1) is 22.0. The van der Waals surface area contributed by atoms with Gasteiger partial charge in [-0.05, 0) is 61.4 Å². The van der Waals surface area contributed by atoms with Crippen molar-refractivity contribution >= 4 is 39.1 Å². The van der Waals surface area contributed by atoms with Crippen molar-refractivity contribution in [1.29, 1.82) is 0 Å². The Bertz CT molecular complexity index is 1220. The molecule has 7 nitrogen and oxygen atoms in total. The quantitative estimate of drug-likeness (QED) is 0.487. The van der Waals surface area contributed by atoms with Crippen molar-refractivity contribution in [1.82, 2.24) is 14.7 Å². The molecule has 1 aromatic heterocycles. The molecule has 1 saturated carbocycles. The van der Waals surface area contributed by atoms with Gasteiger partial charge in [0.2, 0.25) is 11.7 Å². The number of nitrogens with zero attached hydrogens (tertiary/aromatic N) is 4. The Morgan fingerprint density at radius 2 is 1.67 bits per heavy atom. The average molecular weight is 530 g/mol. The van der Waals surface area contributed by atoms with Crippen LogP contribution in [0.15, 0.2) is 64.0 Å². The number of carbonyl (C=O) groups excluding carboxylic acids is 1. The highest BCUT2D eigenvalue weighted by molar-refractivity contribution is 9.10. The zero-order valence-corrected chi connectivity index (χ0v) is 20.1. The molecule has 170 valence electrons. The molecule has 2 aromatic carbocycles. The van der Waals surface area contributed by atoms with Crippen LogP contribution in [0.4, 0.5) is 5.69 Å². The molecule has 0 atom stereocenters. The van der Waals surface area contributed by atoms with Crippen LogP contribution in [0.5, 0.6) is 11.5 Å². The number of hydrogen-bond acceptors (Lipinski definition) is 5. The molecule has 0 bridgehead atoms. The van der Waals surface area contributed by atoms with Crippen LogP contribution in [0.25, 0.3) is 5.69 Å². The highest BCUT2D eigenvalue weighted by Crippen LogP contribution is 2.33. The van der Waals surface area contributed by atoms with Crippen molar-refractivity contribution in [2.45, 2.75) is 12.8 Å². The molecule has 0 unspecified atom stereocenters. The van der Waals surface area contributed by atoms with E-state index in [1.807, 2.05) is 17.0 Å². The molecule has 9 heteroatoms. The number of halogens is 2. The number of ether oxygens (including phenoxy) is 1. The van der Waals surface area contributed by atoms with Crippen LogP contribution in [0, 0.1) is 5.92 Å². The van der Waals surface area contributed by atoms with E-state index in [1.165, 1.54) is 4.68 Å². The zero-order chi connectivity index (χ0) is 22.9. The van der Waals surface area contributed by atoms with Gasteiger partial charge >= 0.3 is 5.56 Å². The molecular weight excluding hydrogens is 508 g/mol. The fourth-order valence-corrected chi connectivity index (χ4v) is 4.28. The van der Waals surface area contributed by atoms with Gasteiger partial charge in [0.25, 0.3) is 0 Å². The van der Waals surface area contributed by atoms with E-state index in [1.54, 1.807) is 42.6 Å². The van der Waals surface area contributed by atoms with E-state index in [0.29, 0.717) is 48.3 Å². The molecule has 0 radical (unpaired) electrons. The minimum atomic E-state index is -0.366. The van der Waals surface area contributed by atoms with Crippen LogP contribution in [-0.2, 0) is 4.79 Å². The minimum Gasteiger partial charge on any atom is -0.449 e. The summed E-state index contributed by atoms with van der Waals surface area (Å²) in [5, 5.41) is 4.99. The highest BCUT2D eigenvalue weighted by Gasteiger charge is 2.35. The molecule has 0 N–H and O–H groups in total. The predicted molar refractivity (Wildman–Crippen MR) is 131 cm³/mol. The smallest absolute Gasteiger partial charge is 0.316 e. The van der Waals surface area contributed by atoms with E-state index in [0.717, 1.165) is 17.3 Å². The summed E-state index contributed by atoms with van der Waals surface area (Å²) in [6, 6.07) is 14.2. The van der Waals surface area contributed by atoms with Gasteiger partial charge in [-0.2, -0.15) is 9.78 Å². The standard InChI is InChI=1S/C24H22BrClN4O3/c25-17-3-9-20(10-4-17)33-22-21(28-11-13-29(14-12-28)23(31)16-1-2-16)15-27-30(24(22)32)19-7-5-18(26)6-8-19/h3-10,15-16H,1-2,11-14H2. The summed E-state index contributed by atoms with van der Waals surface area (Å²) in [5.74, 6) is 1.20. The average Bonchev–Trinajstić information content (AvgIpc) is 3.68. The van der Waals surface area contributed by atoms with Gasteiger partial charge in [-0.3, -0.25) is 9.59 Å². The van der Waals surface area contributed by atoms with E-state index in [9.17, 15) is 9.59 Å². The van der Waals surface area contributed by atoms with Crippen LogP contribution < -0.4 is 15.2 Å². The Hall–Kier alpha value is -2.84. The second-order valence-corrected chi connectivity index (χ2v) is 9.55. The van der Waals surface area contributed by atoms with E-state index < -0.39 is 0 Å². The van der Waals surface area contributed by atoms with Gasteiger partial charge in [0.05, 0.1) is 11.9 Å². The van der Waals surface area contributed by atoms with Crippen LogP contribution in [0.1, 0.15) is 12.8 Å². The van der Waals surface area contributed by atoms with Crippen LogP contribution >= 0.6 is 27.5 Å². The summed E-state index contributed by atoms with van der Waals surface area (Å²) < 4.78 is 8.34. The first-order valence-electron chi connectivity index (χ1n) is 10.8. The first-order valence-corrected chi connectivity index (χ1v) is 12.0. The number of hydrogen-bond donors (Lipinski definition) is 0. The molecule has 2 heterocycles. The normalized spacial score (nSPS) is 16.1. The van der Waals surface area contributed by atoms with Crippen molar-refractivity contribution in [3.63, 3.8) is 0 Å². The number of amides is 1. The maximum Gasteiger partial charge on any atom is 0.316 e. The van der Waals surface area contributed by atoms with Gasteiger partial charge in [0.15, 0.2) is 0 Å². The third-order valence-electron chi connectivity index (χ3n) is 5.88. The monoisotopic (exact) mass is 528 g/mol. The molecule has 5 rings (SSSR count). The summed E-state index contributed by atoms with van der Waals surface area (Å²) in [7, 11) is 0. The van der Waals surface area contributed by atoms with Crippen molar-refractivity contribution < 1.29 is 9.53 Å². The number of rotatable bonds is 5. The van der Waals surface area contributed by atoms with Crippen LogP contribution in [0.2, 0.25) is 5.02 Å². The van der Waals surface area contributed by atoms with Gasteiger partial charge in [-0.1, -0.05) is 27.5 Å². The first-order chi connectivity index (χ1) is 16.0. The Morgan fingerprint density at radius 1 is 1.00 bits per heavy atom. The van der Waals surface area contributed by atoms with Gasteiger partial charge in [0.1, 0.15) is 11.4 Å². The number of carbonyl (C=O) groups is 1. The minimum absolute atomic E-state index is 0.198. The summed E-state index contributed by atoms with van der Waals surface area (Å²) in [6.07, 6.45) is 3.65. The maximum atomic E-state index is 13.5. The molecular formula is C24H22BrClN4O3. The molecule has 33 heavy (non-hydrogen) atoms. The van der Waals surface area contributed by atoms with Gasteiger partial charge in [-0.15, -0.1) is 0 Å². The summed E-state index contributed by atoms with van der Waals surface area (Å²) in [5.41, 5.74) is 0.845. The summed E-state index contributed by atoms with van der Waals surface area (Å²) >= 11 is 9.42. The lowest BCUT2D eigenvalue weighted by Gasteiger charge is -2.36. The van der Waals surface area contributed by atoms with Gasteiger partial charge in [-0.25, -0.2) is 0 Å². The lowest BCUT2D eigenvalue weighted by atomic mass is 10.2. The third-order valence-corrected chi connectivity index (χ3v) is 6.66. The molecule has 2 fully saturated rings. The van der Waals surface area contributed by atoms with Crippen molar-refractivity contribution in [2.24, 2.45) is 5.92 Å². The van der Waals surface area contributed by atoms with Gasteiger partial charge in [0, 0.05) is 41.6 Å². The van der Waals surface area contributed by atoms with E-state index in [2.05, 4.69) is 25.9 Å². The van der Waals surface area contributed by atoms with Gasteiger partial charge < -0.3 is 14.5 Å². The Morgan fingerprint density at radius 3 is 2.30 bits per heavy atom. The zero-order valence-electron chi connectivity index (χ0n) is 17.8. The molecule has 1 aliphatic heterocycles. The Balaban J connectivity index is 1.47. The van der Waals surface area contributed by atoms with E-state index >= 15 is 0 Å². The number of piperazine rings is 1. The Labute approximate surface area is 204 Å². The second-order valence-electron chi connectivity index (χ2n) is 8.19. The number of benzene rings is 2. The lowest BCUT2D eigenvalue weighted by molar-refractivity contribution is -0.132. The summed E-state index contributed by atoms with van der Waals surface area (Å²) in [6.45, 7) is 2.46. The van der Waals surface area contributed by atoms with Crippen molar-refractivity contribution in [3.8, 4) is 17.2 Å². The highest BCUT2D eigenvalue weighted by atomic mass is 79.9. The SMILES string of the molecule is O=C(C1CC1)N1CCN(c2cnn(-c3ccc(Cl)cc3)c(=O)c2Oc2ccc(Br)cc2)CC1. The largest absolute Gasteiger partial charge is 0.449 e. The molecule has 0 spiro atoms. The van der Waals surface area contributed by atoms with Crippen LogP contribution in [-0.4, -0.2) is 46.8 Å². The summed E-state index contributed by atoms with van der Waals surface area (Å²) in [4.78, 5) is 29.9. The lowest BCUT2D eigenvalue weighted by Crippen LogP contribution is -2.49. The number of aromatic nitrogens is 2. The molecule has 2 aliphatic rings. The Kier molecular flexibility index (Phi) is 6.12. The van der Waals surface area contributed by atoms with Crippen molar-refractivity contribution in [3.05, 3.63) is 74.6 Å². The predicted octanol–water partition coefficient (Wildman–Crippen LogP) is 4.50. The maximum absolute atomic E-state index is 13.5. The second kappa shape index (κ2) is 9.19. The fraction of sp³-hybridized carbons (Fsp3) is 0.292. The topological polar surface area (TPSA) is 67.7 Å². The van der Waals surface area contributed by atoms with Crippen molar-refractivity contribution in [2.75, 3.05) is 31.1 Å². The number of anilines is 1. The third kappa shape index (κ3) is 4.77. The fourth-order valence-electron chi connectivity index (χ4n) is 3.89. The molecule has 3 aromatic rings. The van der Waals surface area contributed by atoms with E-state index in [4.69, 9.17) is 16.3 Å². The molecule has 1 saturated heterocycles.